The van der Waals surface area contributed by atoms with E-state index in [-0.39, 0.29) is 17.8 Å². The van der Waals surface area contributed by atoms with Crippen LogP contribution in [-0.4, -0.2) is 42.1 Å². The van der Waals surface area contributed by atoms with Gasteiger partial charge in [0.1, 0.15) is 5.82 Å². The molecule has 1 unspecified atom stereocenters. The van der Waals surface area contributed by atoms with E-state index in [9.17, 15) is 9.18 Å². The lowest BCUT2D eigenvalue weighted by Gasteiger charge is -2.33. The van der Waals surface area contributed by atoms with Gasteiger partial charge in [-0.2, -0.15) is 5.10 Å². The van der Waals surface area contributed by atoms with Crippen LogP contribution in [0.1, 0.15) is 34.6 Å². The van der Waals surface area contributed by atoms with Crippen LogP contribution in [-0.2, 0) is 13.5 Å². The van der Waals surface area contributed by atoms with Crippen molar-refractivity contribution in [3.63, 3.8) is 0 Å². The van der Waals surface area contributed by atoms with Gasteiger partial charge in [0.25, 0.3) is 5.91 Å². The van der Waals surface area contributed by atoms with Crippen molar-refractivity contribution >= 4 is 16.9 Å². The highest BCUT2D eigenvalue weighted by Gasteiger charge is 2.33. The van der Waals surface area contributed by atoms with Crippen molar-refractivity contribution in [1.29, 1.82) is 0 Å². The summed E-state index contributed by atoms with van der Waals surface area (Å²) >= 11 is 0. The lowest BCUT2D eigenvalue weighted by atomic mass is 9.95. The van der Waals surface area contributed by atoms with Crippen LogP contribution in [0.25, 0.3) is 22.3 Å². The Labute approximate surface area is 172 Å². The zero-order valence-corrected chi connectivity index (χ0v) is 16.6. The first-order valence-corrected chi connectivity index (χ1v) is 9.71. The van der Waals surface area contributed by atoms with Crippen LogP contribution in [0.4, 0.5) is 4.39 Å². The Kier molecular flexibility index (Phi) is 4.27. The Morgan fingerprint density at radius 1 is 1.13 bits per heavy atom. The molecule has 0 fully saturated rings. The minimum atomic E-state index is -0.387. The summed E-state index contributed by atoms with van der Waals surface area (Å²) in [6.07, 6.45) is 6.70. The number of hydrogen-bond donors (Lipinski definition) is 0. The van der Waals surface area contributed by atoms with Crippen molar-refractivity contribution in [1.82, 2.24) is 29.6 Å². The van der Waals surface area contributed by atoms with Crippen molar-refractivity contribution in [2.45, 2.75) is 19.4 Å². The van der Waals surface area contributed by atoms with Crippen molar-refractivity contribution < 1.29 is 9.18 Å². The number of aromatic nitrogens is 5. The summed E-state index contributed by atoms with van der Waals surface area (Å²) in [5, 5.41) is 4.66. The highest BCUT2D eigenvalue weighted by Crippen LogP contribution is 2.36. The van der Waals surface area contributed by atoms with Gasteiger partial charge in [-0.3, -0.25) is 24.4 Å². The fourth-order valence-electron chi connectivity index (χ4n) is 4.19. The van der Waals surface area contributed by atoms with E-state index in [1.807, 2.05) is 24.9 Å². The van der Waals surface area contributed by atoms with Gasteiger partial charge >= 0.3 is 0 Å². The summed E-state index contributed by atoms with van der Waals surface area (Å²) in [5.41, 5.74) is 5.41. The molecule has 5 rings (SSSR count). The van der Waals surface area contributed by atoms with Crippen LogP contribution in [0.5, 0.6) is 0 Å². The molecule has 1 aromatic carbocycles. The SMILES string of the molecule is CC1c2nn(C)c(-c3cncc(F)c3)c2CCN1C(=O)c1ccc2nccnc2c1. The highest BCUT2D eigenvalue weighted by atomic mass is 19.1. The average Bonchev–Trinajstić information content (AvgIpc) is 3.10. The van der Waals surface area contributed by atoms with Crippen LogP contribution >= 0.6 is 0 Å². The van der Waals surface area contributed by atoms with Gasteiger partial charge in [-0.25, -0.2) is 4.39 Å². The molecule has 4 heterocycles. The molecule has 3 aromatic heterocycles. The first-order valence-electron chi connectivity index (χ1n) is 9.71. The van der Waals surface area contributed by atoms with Gasteiger partial charge in [-0.05, 0) is 37.6 Å². The summed E-state index contributed by atoms with van der Waals surface area (Å²) in [7, 11) is 1.83. The third-order valence-corrected chi connectivity index (χ3v) is 5.60. The topological polar surface area (TPSA) is 76.8 Å². The van der Waals surface area contributed by atoms with Crippen molar-refractivity contribution in [2.24, 2.45) is 7.05 Å². The van der Waals surface area contributed by atoms with Crippen molar-refractivity contribution in [3.05, 3.63) is 71.7 Å². The third-order valence-electron chi connectivity index (χ3n) is 5.60. The van der Waals surface area contributed by atoms with Gasteiger partial charge in [0, 0.05) is 48.9 Å². The Morgan fingerprint density at radius 2 is 1.93 bits per heavy atom. The molecule has 8 heteroatoms. The fourth-order valence-corrected chi connectivity index (χ4v) is 4.19. The zero-order chi connectivity index (χ0) is 20.8. The maximum absolute atomic E-state index is 13.7. The maximum atomic E-state index is 13.7. The van der Waals surface area contributed by atoms with Crippen LogP contribution in [0, 0.1) is 5.82 Å². The second kappa shape index (κ2) is 6.98. The van der Waals surface area contributed by atoms with E-state index in [0.29, 0.717) is 29.6 Å². The molecule has 1 amide bonds. The molecule has 0 saturated carbocycles. The first kappa shape index (κ1) is 18.4. The molecule has 150 valence electrons. The van der Waals surface area contributed by atoms with E-state index in [2.05, 4.69) is 20.1 Å². The Bertz CT molecular complexity index is 1280. The van der Waals surface area contributed by atoms with Gasteiger partial charge in [0.15, 0.2) is 0 Å². The molecule has 7 nitrogen and oxygen atoms in total. The monoisotopic (exact) mass is 402 g/mol. The number of nitrogens with zero attached hydrogens (tertiary/aromatic N) is 6. The quantitative estimate of drug-likeness (QED) is 0.514. The predicted octanol–water partition coefficient (Wildman–Crippen LogP) is 3.32. The number of aryl methyl sites for hydroxylation is 1. The maximum Gasteiger partial charge on any atom is 0.254 e. The third kappa shape index (κ3) is 2.92. The van der Waals surface area contributed by atoms with Crippen LogP contribution in [0.3, 0.4) is 0 Å². The van der Waals surface area contributed by atoms with Crippen LogP contribution in [0.2, 0.25) is 0 Å². The number of hydrogen-bond acceptors (Lipinski definition) is 5. The van der Waals surface area contributed by atoms with E-state index < -0.39 is 0 Å². The first-order chi connectivity index (χ1) is 14.5. The smallest absolute Gasteiger partial charge is 0.254 e. The van der Waals surface area contributed by atoms with Crippen LogP contribution in [0.15, 0.2) is 49.1 Å². The second-order valence-electron chi connectivity index (χ2n) is 7.41. The molecule has 0 spiro atoms. The fraction of sp³-hybridized carbons (Fsp3) is 0.227. The van der Waals surface area contributed by atoms with E-state index in [0.717, 1.165) is 22.5 Å². The molecule has 4 aromatic rings. The molecule has 0 saturated heterocycles. The number of carbonyl (C=O) groups excluding carboxylic acids is 1. The summed E-state index contributed by atoms with van der Waals surface area (Å²) in [4.78, 5) is 27.6. The molecule has 1 atom stereocenters. The Balaban J connectivity index is 1.50. The number of rotatable bonds is 2. The van der Waals surface area contributed by atoms with E-state index in [1.165, 1.54) is 12.3 Å². The summed E-state index contributed by atoms with van der Waals surface area (Å²) in [6, 6.07) is 6.62. The number of pyridine rings is 1. The number of fused-ring (bicyclic) bond motifs is 2. The van der Waals surface area contributed by atoms with E-state index in [4.69, 9.17) is 0 Å². The average molecular weight is 402 g/mol. The number of benzene rings is 1. The molecule has 30 heavy (non-hydrogen) atoms. The van der Waals surface area contributed by atoms with E-state index >= 15 is 0 Å². The standard InChI is InChI=1S/C22H19FN6O/c1-13-20-17(21(28(2)27-20)15-9-16(23)12-24-11-15)5-8-29(13)22(30)14-3-4-18-19(10-14)26-7-6-25-18/h3-4,6-7,9-13H,5,8H2,1-2H3. The molecule has 1 aliphatic heterocycles. The molecule has 0 radical (unpaired) electrons. The molecule has 0 aliphatic carbocycles. The summed E-state index contributed by atoms with van der Waals surface area (Å²) in [5.74, 6) is -0.456. The van der Waals surface area contributed by atoms with Gasteiger partial charge in [0.05, 0.1) is 34.7 Å². The lowest BCUT2D eigenvalue weighted by molar-refractivity contribution is 0.0674. The number of carbonyl (C=O) groups is 1. The van der Waals surface area contributed by atoms with Crippen molar-refractivity contribution in [3.8, 4) is 11.3 Å². The van der Waals surface area contributed by atoms with Gasteiger partial charge < -0.3 is 4.90 Å². The number of amides is 1. The lowest BCUT2D eigenvalue weighted by Crippen LogP contribution is -2.38. The normalized spacial score (nSPS) is 16.0. The molecule has 1 aliphatic rings. The minimum Gasteiger partial charge on any atom is -0.330 e. The Morgan fingerprint density at radius 3 is 2.73 bits per heavy atom. The Hall–Kier alpha value is -3.68. The van der Waals surface area contributed by atoms with Crippen LogP contribution < -0.4 is 0 Å². The highest BCUT2D eigenvalue weighted by molar-refractivity contribution is 5.97. The molecular weight excluding hydrogens is 383 g/mol. The predicted molar refractivity (Wildman–Crippen MR) is 109 cm³/mol. The summed E-state index contributed by atoms with van der Waals surface area (Å²) in [6.45, 7) is 2.52. The molecule has 0 N–H and O–H groups in total. The second-order valence-corrected chi connectivity index (χ2v) is 7.41. The molecule has 0 bridgehead atoms. The van der Waals surface area contributed by atoms with Gasteiger partial charge in [-0.15, -0.1) is 0 Å². The summed E-state index contributed by atoms with van der Waals surface area (Å²) < 4.78 is 15.5. The molecular formula is C22H19FN6O. The van der Waals surface area contributed by atoms with E-state index in [1.54, 1.807) is 35.4 Å². The van der Waals surface area contributed by atoms with Gasteiger partial charge in [0.2, 0.25) is 0 Å². The largest absolute Gasteiger partial charge is 0.330 e. The minimum absolute atomic E-state index is 0.0691. The van der Waals surface area contributed by atoms with Gasteiger partial charge in [-0.1, -0.05) is 0 Å². The zero-order valence-electron chi connectivity index (χ0n) is 16.6. The van der Waals surface area contributed by atoms with Crippen molar-refractivity contribution in [2.75, 3.05) is 6.54 Å². The number of halogens is 1.